The van der Waals surface area contributed by atoms with Crippen LogP contribution in [0.5, 0.6) is 0 Å². The van der Waals surface area contributed by atoms with Crippen LogP contribution < -0.4 is 0 Å². The van der Waals surface area contributed by atoms with E-state index in [1.54, 1.807) is 0 Å². The van der Waals surface area contributed by atoms with Gasteiger partial charge in [-0.3, -0.25) is 9.59 Å². The summed E-state index contributed by atoms with van der Waals surface area (Å²) in [6, 6.07) is 0. The molecule has 0 aromatic carbocycles. The molecule has 0 amide bonds. The van der Waals surface area contributed by atoms with E-state index in [9.17, 15) is 9.59 Å². The van der Waals surface area contributed by atoms with Crippen molar-refractivity contribution in [2.45, 2.75) is 162 Å². The fraction of sp³-hybridized carbons (Fsp3) is 0.826. The average molecular weight is 724 g/mol. The summed E-state index contributed by atoms with van der Waals surface area (Å²) in [6.45, 7) is 13.5. The second kappa shape index (κ2) is 25.1. The number of nitrogens with zero attached hydrogens (tertiary/aromatic N) is 1. The van der Waals surface area contributed by atoms with Crippen LogP contribution >= 0.6 is 0 Å². The third-order valence-electron chi connectivity index (χ3n) is 12.8. The van der Waals surface area contributed by atoms with Crippen molar-refractivity contribution in [1.82, 2.24) is 4.90 Å². The molecular formula is C46H77NO5. The van der Waals surface area contributed by atoms with Crippen LogP contribution in [0.4, 0.5) is 0 Å². The Morgan fingerprint density at radius 1 is 0.750 bits per heavy atom. The average Bonchev–Trinajstić information content (AvgIpc) is 3.14. The Morgan fingerprint density at radius 2 is 1.40 bits per heavy atom. The van der Waals surface area contributed by atoms with Gasteiger partial charge >= 0.3 is 11.9 Å². The molecule has 6 heteroatoms. The number of hydrogen-bond acceptors (Lipinski definition) is 6. The molecule has 1 saturated heterocycles. The standard InChI is InChI=1S/C46H77NO5/c1-4-6-7-8-9-10-11-12-13-14-15-16-17-18-19-25-45(48)51-35-39(23-20-22-37(3)50-34-38-24-21-26-47(5-2)33-38)36-52-46(49)32-44-42-28-40-27-41(30-42)31-43(44)29-40/h9-10,12-13,38-44H,3-8,11,14-36H2,1-2H3/b10-9-,13-12-. The summed E-state index contributed by atoms with van der Waals surface area (Å²) in [7, 11) is 0. The topological polar surface area (TPSA) is 65.1 Å². The lowest BCUT2D eigenvalue weighted by atomic mass is 9.51. The smallest absolute Gasteiger partial charge is 0.306 e. The molecule has 4 aliphatic carbocycles. The van der Waals surface area contributed by atoms with Gasteiger partial charge in [0.2, 0.25) is 0 Å². The zero-order valence-electron chi connectivity index (χ0n) is 33.6. The largest absolute Gasteiger partial charge is 0.498 e. The number of likely N-dealkylation sites (tertiary alicyclic amines) is 1. The van der Waals surface area contributed by atoms with Crippen molar-refractivity contribution >= 4 is 11.9 Å². The van der Waals surface area contributed by atoms with Crippen LogP contribution in [0.25, 0.3) is 0 Å². The highest BCUT2D eigenvalue weighted by atomic mass is 16.5. The molecule has 0 N–H and O–H groups in total. The summed E-state index contributed by atoms with van der Waals surface area (Å²) < 4.78 is 17.8. The lowest BCUT2D eigenvalue weighted by Gasteiger charge is -2.54. The number of esters is 2. The molecule has 2 unspecified atom stereocenters. The highest BCUT2D eigenvalue weighted by molar-refractivity contribution is 5.70. The molecule has 52 heavy (non-hydrogen) atoms. The van der Waals surface area contributed by atoms with E-state index in [1.807, 2.05) is 0 Å². The SMILES string of the molecule is C=C(CCCC(COC(=O)CCCCCCC/C=C\C/C=C\CCCCC)COC(=O)CC1C2CC3CC(C2)CC1C3)OCC1CCCN(CC)C1. The number of rotatable bonds is 28. The summed E-state index contributed by atoms with van der Waals surface area (Å²) in [5, 5.41) is 0. The van der Waals surface area contributed by atoms with E-state index in [1.165, 1.54) is 90.0 Å². The fourth-order valence-corrected chi connectivity index (χ4v) is 9.88. The number of carbonyl (C=O) groups excluding carboxylic acids is 2. The molecule has 4 saturated carbocycles. The first-order valence-corrected chi connectivity index (χ1v) is 22.1. The molecule has 0 spiro atoms. The molecule has 5 rings (SSSR count). The maximum atomic E-state index is 13.1. The number of unbranched alkanes of at least 4 members (excludes halogenated alkanes) is 8. The minimum atomic E-state index is -0.128. The maximum Gasteiger partial charge on any atom is 0.306 e. The lowest BCUT2D eigenvalue weighted by Crippen LogP contribution is -2.45. The van der Waals surface area contributed by atoms with E-state index in [0.29, 0.717) is 37.9 Å². The predicted molar refractivity (Wildman–Crippen MR) is 214 cm³/mol. The Balaban J connectivity index is 1.10. The zero-order chi connectivity index (χ0) is 36.8. The third kappa shape index (κ3) is 16.5. The highest BCUT2D eigenvalue weighted by Gasteiger charge is 2.48. The highest BCUT2D eigenvalue weighted by Crippen LogP contribution is 2.57. The van der Waals surface area contributed by atoms with Gasteiger partial charge in [0, 0.05) is 37.6 Å². The second-order valence-corrected chi connectivity index (χ2v) is 17.2. The van der Waals surface area contributed by atoms with Crippen molar-refractivity contribution in [2.75, 3.05) is 39.5 Å². The summed E-state index contributed by atoms with van der Waals surface area (Å²) in [4.78, 5) is 28.3. The van der Waals surface area contributed by atoms with Crippen molar-refractivity contribution < 1.29 is 23.8 Å². The van der Waals surface area contributed by atoms with Gasteiger partial charge in [0.1, 0.15) is 0 Å². The molecule has 1 aliphatic heterocycles. The Labute approximate surface area is 318 Å². The normalized spacial score (nSPS) is 26.3. The Kier molecular flexibility index (Phi) is 20.6. The zero-order valence-corrected chi connectivity index (χ0v) is 33.6. The first kappa shape index (κ1) is 42.7. The van der Waals surface area contributed by atoms with Crippen molar-refractivity contribution in [2.24, 2.45) is 41.4 Å². The summed E-state index contributed by atoms with van der Waals surface area (Å²) >= 11 is 0. The van der Waals surface area contributed by atoms with E-state index in [0.717, 1.165) is 100 Å². The molecule has 0 aromatic heterocycles. The Bertz CT molecular complexity index is 1050. The van der Waals surface area contributed by atoms with Crippen LogP contribution in [0.1, 0.15) is 162 Å². The van der Waals surface area contributed by atoms with Crippen LogP contribution in [0, 0.1) is 41.4 Å². The Morgan fingerprint density at radius 3 is 2.10 bits per heavy atom. The van der Waals surface area contributed by atoms with Crippen LogP contribution in [0.3, 0.4) is 0 Å². The van der Waals surface area contributed by atoms with Crippen molar-refractivity contribution in [3.05, 3.63) is 36.6 Å². The van der Waals surface area contributed by atoms with Crippen LogP contribution in [-0.2, 0) is 23.8 Å². The number of ether oxygens (including phenoxy) is 3. The minimum Gasteiger partial charge on any atom is -0.498 e. The van der Waals surface area contributed by atoms with E-state index in [-0.39, 0.29) is 17.9 Å². The van der Waals surface area contributed by atoms with Gasteiger partial charge in [-0.05, 0) is 139 Å². The van der Waals surface area contributed by atoms with Crippen molar-refractivity contribution in [3.8, 4) is 0 Å². The number of hydrogen-bond donors (Lipinski definition) is 0. The molecule has 0 aromatic rings. The van der Waals surface area contributed by atoms with E-state index < -0.39 is 0 Å². The molecule has 0 radical (unpaired) electrons. The van der Waals surface area contributed by atoms with Crippen LogP contribution in [0.15, 0.2) is 36.6 Å². The molecule has 4 bridgehead atoms. The lowest BCUT2D eigenvalue weighted by molar-refractivity contribution is -0.152. The Hall–Kier alpha value is -2.08. The van der Waals surface area contributed by atoms with Crippen molar-refractivity contribution in [3.63, 3.8) is 0 Å². The first-order valence-electron chi connectivity index (χ1n) is 22.1. The summed E-state index contributed by atoms with van der Waals surface area (Å²) in [6.07, 6.45) is 34.7. The van der Waals surface area contributed by atoms with Crippen LogP contribution in [-0.4, -0.2) is 56.3 Å². The number of piperidine rings is 1. The van der Waals surface area contributed by atoms with Gasteiger partial charge in [-0.25, -0.2) is 0 Å². The van der Waals surface area contributed by atoms with Crippen molar-refractivity contribution in [1.29, 1.82) is 0 Å². The van der Waals surface area contributed by atoms with Gasteiger partial charge in [-0.1, -0.05) is 76.8 Å². The second-order valence-electron chi connectivity index (χ2n) is 17.2. The number of carbonyl (C=O) groups is 2. The van der Waals surface area contributed by atoms with E-state index in [2.05, 4.69) is 49.6 Å². The molecule has 6 nitrogen and oxygen atoms in total. The first-order chi connectivity index (χ1) is 25.4. The molecular weight excluding hydrogens is 647 g/mol. The molecule has 5 fully saturated rings. The summed E-state index contributed by atoms with van der Waals surface area (Å²) in [5.74, 6) is 5.00. The number of allylic oxidation sites excluding steroid dienone is 5. The van der Waals surface area contributed by atoms with Gasteiger partial charge < -0.3 is 19.1 Å². The van der Waals surface area contributed by atoms with Gasteiger partial charge in [0.05, 0.1) is 25.6 Å². The van der Waals surface area contributed by atoms with E-state index in [4.69, 9.17) is 14.2 Å². The van der Waals surface area contributed by atoms with Gasteiger partial charge in [-0.2, -0.15) is 0 Å². The molecule has 5 aliphatic rings. The maximum absolute atomic E-state index is 13.1. The van der Waals surface area contributed by atoms with Gasteiger partial charge in [0.25, 0.3) is 0 Å². The fourth-order valence-electron chi connectivity index (χ4n) is 9.88. The van der Waals surface area contributed by atoms with Gasteiger partial charge in [0.15, 0.2) is 0 Å². The molecule has 296 valence electrons. The monoisotopic (exact) mass is 724 g/mol. The van der Waals surface area contributed by atoms with Gasteiger partial charge in [-0.15, -0.1) is 0 Å². The predicted octanol–water partition coefficient (Wildman–Crippen LogP) is 11.4. The quantitative estimate of drug-likeness (QED) is 0.0347. The van der Waals surface area contributed by atoms with Crippen LogP contribution in [0.2, 0.25) is 0 Å². The minimum absolute atomic E-state index is 0.000241. The third-order valence-corrected chi connectivity index (χ3v) is 12.8. The molecule has 2 atom stereocenters. The molecule has 1 heterocycles. The summed E-state index contributed by atoms with van der Waals surface area (Å²) in [5.41, 5.74) is 0. The van der Waals surface area contributed by atoms with E-state index >= 15 is 0 Å².